The Bertz CT molecular complexity index is 998. The molecule has 0 bridgehead atoms. The number of para-hydroxylation sites is 2. The standard InChI is InChI=1S/C28H35N3/c1-20(2)24-11-9-12-25(21(3)4)28(24)30-18-23-15-14-22-10-8-13-26(27(22)31(23)19-30)29-16-6-5-7-17-29/h8-15,18,20-21H,5-7,16-17,19H2,1-4H3. The van der Waals surface area contributed by atoms with E-state index in [4.69, 9.17) is 0 Å². The zero-order valence-corrected chi connectivity index (χ0v) is 19.4. The summed E-state index contributed by atoms with van der Waals surface area (Å²) < 4.78 is 0. The zero-order chi connectivity index (χ0) is 21.5. The first-order valence-electron chi connectivity index (χ1n) is 12.0. The van der Waals surface area contributed by atoms with Gasteiger partial charge in [0, 0.05) is 30.5 Å². The quantitative estimate of drug-likeness (QED) is 0.530. The average Bonchev–Trinajstić information content (AvgIpc) is 3.23. The molecule has 31 heavy (non-hydrogen) atoms. The molecular formula is C28H35N3. The molecule has 1 saturated heterocycles. The van der Waals surface area contributed by atoms with E-state index in [1.165, 1.54) is 71.8 Å². The van der Waals surface area contributed by atoms with E-state index in [1.807, 2.05) is 0 Å². The number of allylic oxidation sites excluding steroid dienone is 1. The molecule has 3 aliphatic heterocycles. The highest BCUT2D eigenvalue weighted by atomic mass is 15.4. The molecule has 3 heteroatoms. The Morgan fingerprint density at radius 3 is 2.10 bits per heavy atom. The highest BCUT2D eigenvalue weighted by Gasteiger charge is 2.31. The molecule has 0 unspecified atom stereocenters. The Morgan fingerprint density at radius 2 is 1.42 bits per heavy atom. The van der Waals surface area contributed by atoms with Crippen molar-refractivity contribution in [3.8, 4) is 0 Å². The van der Waals surface area contributed by atoms with Crippen molar-refractivity contribution in [1.29, 1.82) is 0 Å². The van der Waals surface area contributed by atoms with Crippen LogP contribution in [0.4, 0.5) is 17.1 Å². The largest absolute Gasteiger partial charge is 0.370 e. The summed E-state index contributed by atoms with van der Waals surface area (Å²) in [6, 6.07) is 13.7. The average molecular weight is 414 g/mol. The molecule has 3 aliphatic rings. The Hall–Kier alpha value is -2.68. The fourth-order valence-electron chi connectivity index (χ4n) is 5.36. The summed E-state index contributed by atoms with van der Waals surface area (Å²) in [7, 11) is 0. The second kappa shape index (κ2) is 8.11. The minimum Gasteiger partial charge on any atom is -0.370 e. The molecule has 162 valence electrons. The molecular weight excluding hydrogens is 378 g/mol. The number of rotatable bonds is 4. The van der Waals surface area contributed by atoms with Gasteiger partial charge in [-0.1, -0.05) is 64.1 Å². The molecule has 0 N–H and O–H groups in total. The summed E-state index contributed by atoms with van der Waals surface area (Å²) in [5.74, 6) is 0.993. The van der Waals surface area contributed by atoms with Crippen molar-refractivity contribution in [2.24, 2.45) is 0 Å². The smallest absolute Gasteiger partial charge is 0.0996 e. The molecule has 0 atom stereocenters. The Kier molecular flexibility index (Phi) is 5.29. The molecule has 5 rings (SSSR count). The maximum absolute atomic E-state index is 2.60. The van der Waals surface area contributed by atoms with Crippen LogP contribution in [-0.2, 0) is 0 Å². The van der Waals surface area contributed by atoms with Crippen LogP contribution >= 0.6 is 0 Å². The third kappa shape index (κ3) is 3.54. The van der Waals surface area contributed by atoms with Gasteiger partial charge in [-0.15, -0.1) is 0 Å². The van der Waals surface area contributed by atoms with Crippen molar-refractivity contribution < 1.29 is 0 Å². The van der Waals surface area contributed by atoms with Gasteiger partial charge in [-0.2, -0.15) is 0 Å². The SMILES string of the molecule is CC(C)c1cccc(C(C)C)c1N1C=C2C=Cc3cccc(N4CCCCC4)c3N2C1. The highest BCUT2D eigenvalue weighted by Crippen LogP contribution is 2.44. The van der Waals surface area contributed by atoms with Crippen molar-refractivity contribution in [2.45, 2.75) is 58.8 Å². The molecule has 2 aromatic carbocycles. The van der Waals surface area contributed by atoms with Gasteiger partial charge in [0.25, 0.3) is 0 Å². The first-order valence-corrected chi connectivity index (χ1v) is 12.0. The van der Waals surface area contributed by atoms with Gasteiger partial charge in [0.1, 0.15) is 0 Å². The van der Waals surface area contributed by atoms with Crippen LogP contribution in [0.2, 0.25) is 0 Å². The number of benzene rings is 2. The number of anilines is 3. The van der Waals surface area contributed by atoms with Crippen molar-refractivity contribution >= 4 is 23.1 Å². The third-order valence-corrected chi connectivity index (χ3v) is 6.97. The van der Waals surface area contributed by atoms with E-state index < -0.39 is 0 Å². The molecule has 0 aromatic heterocycles. The highest BCUT2D eigenvalue weighted by molar-refractivity contribution is 5.88. The summed E-state index contributed by atoms with van der Waals surface area (Å²) >= 11 is 0. The lowest BCUT2D eigenvalue weighted by Gasteiger charge is -2.36. The molecule has 0 amide bonds. The molecule has 0 saturated carbocycles. The van der Waals surface area contributed by atoms with Gasteiger partial charge in [-0.25, -0.2) is 0 Å². The summed E-state index contributed by atoms with van der Waals surface area (Å²) in [4.78, 5) is 7.62. The Morgan fingerprint density at radius 1 is 0.742 bits per heavy atom. The second-order valence-electron chi connectivity index (χ2n) is 9.78. The molecule has 0 aliphatic carbocycles. The van der Waals surface area contributed by atoms with Gasteiger partial charge in [0.15, 0.2) is 0 Å². The van der Waals surface area contributed by atoms with Crippen LogP contribution in [0, 0.1) is 0 Å². The number of nitrogens with zero attached hydrogens (tertiary/aromatic N) is 3. The Labute approximate surface area is 187 Å². The first kappa shape index (κ1) is 20.2. The van der Waals surface area contributed by atoms with E-state index in [-0.39, 0.29) is 0 Å². The summed E-state index contributed by atoms with van der Waals surface area (Å²) in [5, 5.41) is 0. The molecule has 0 spiro atoms. The van der Waals surface area contributed by atoms with Gasteiger partial charge < -0.3 is 14.7 Å². The fourth-order valence-corrected chi connectivity index (χ4v) is 5.36. The van der Waals surface area contributed by atoms with Crippen molar-refractivity contribution in [1.82, 2.24) is 0 Å². The number of hydrogen-bond acceptors (Lipinski definition) is 3. The second-order valence-corrected chi connectivity index (χ2v) is 9.78. The van der Waals surface area contributed by atoms with Crippen LogP contribution in [0.3, 0.4) is 0 Å². The van der Waals surface area contributed by atoms with Crippen LogP contribution < -0.4 is 14.7 Å². The first-order chi connectivity index (χ1) is 15.0. The van der Waals surface area contributed by atoms with E-state index in [1.54, 1.807) is 0 Å². The predicted octanol–water partition coefficient (Wildman–Crippen LogP) is 7.08. The number of hydrogen-bond donors (Lipinski definition) is 0. The van der Waals surface area contributed by atoms with E-state index in [0.717, 1.165) is 6.67 Å². The number of piperidine rings is 1. The fraction of sp³-hybridized carbons (Fsp3) is 0.429. The van der Waals surface area contributed by atoms with Crippen molar-refractivity contribution in [2.75, 3.05) is 34.5 Å². The van der Waals surface area contributed by atoms with E-state index in [0.29, 0.717) is 11.8 Å². The van der Waals surface area contributed by atoms with Crippen molar-refractivity contribution in [3.05, 3.63) is 71.1 Å². The van der Waals surface area contributed by atoms with Crippen LogP contribution in [-0.4, -0.2) is 19.8 Å². The van der Waals surface area contributed by atoms with Crippen LogP contribution in [0.15, 0.2) is 54.4 Å². The van der Waals surface area contributed by atoms with Crippen LogP contribution in [0.25, 0.3) is 6.08 Å². The maximum atomic E-state index is 2.60. The van der Waals surface area contributed by atoms with Gasteiger partial charge in [0.05, 0.1) is 23.7 Å². The topological polar surface area (TPSA) is 9.72 Å². The minimum absolute atomic E-state index is 0.497. The van der Waals surface area contributed by atoms with E-state index in [2.05, 4.69) is 97.1 Å². The Balaban J connectivity index is 1.56. The van der Waals surface area contributed by atoms with Gasteiger partial charge >= 0.3 is 0 Å². The lowest BCUT2D eigenvalue weighted by molar-refractivity contribution is 0.577. The van der Waals surface area contributed by atoms with E-state index >= 15 is 0 Å². The number of fused-ring (bicyclic) bond motifs is 3. The molecule has 1 fully saturated rings. The van der Waals surface area contributed by atoms with Gasteiger partial charge in [-0.05, 0) is 54.4 Å². The molecule has 2 aromatic rings. The van der Waals surface area contributed by atoms with Crippen LogP contribution in [0.1, 0.15) is 75.5 Å². The summed E-state index contributed by atoms with van der Waals surface area (Å²) in [6.45, 7) is 12.5. The predicted molar refractivity (Wildman–Crippen MR) is 134 cm³/mol. The molecule has 3 nitrogen and oxygen atoms in total. The van der Waals surface area contributed by atoms with E-state index in [9.17, 15) is 0 Å². The minimum atomic E-state index is 0.497. The van der Waals surface area contributed by atoms with Crippen molar-refractivity contribution in [3.63, 3.8) is 0 Å². The van der Waals surface area contributed by atoms with Gasteiger partial charge in [-0.3, -0.25) is 0 Å². The zero-order valence-electron chi connectivity index (χ0n) is 19.4. The van der Waals surface area contributed by atoms with Gasteiger partial charge in [0.2, 0.25) is 0 Å². The molecule has 3 heterocycles. The third-order valence-electron chi connectivity index (χ3n) is 6.97. The lowest BCUT2D eigenvalue weighted by atomic mass is 9.92. The lowest BCUT2D eigenvalue weighted by Crippen LogP contribution is -2.34. The summed E-state index contributed by atoms with van der Waals surface area (Å²) in [5.41, 5.74) is 9.70. The van der Waals surface area contributed by atoms with Crippen LogP contribution in [0.5, 0.6) is 0 Å². The summed E-state index contributed by atoms with van der Waals surface area (Å²) in [6.07, 6.45) is 10.9. The monoisotopic (exact) mass is 413 g/mol. The normalized spacial score (nSPS) is 18.0. The molecule has 0 radical (unpaired) electrons. The maximum Gasteiger partial charge on any atom is 0.0996 e.